The largest absolute Gasteiger partial charge is 0.363 e. The highest BCUT2D eigenvalue weighted by Crippen LogP contribution is 2.84. The minimum Gasteiger partial charge on any atom is -0.363 e. The SMILES string of the molecule is CC(C)(C)NC(=O)N[C@H](C(=O)N1C[C@]2(C[C@H]1C(=O)NC(CC1CCC1)C(=O)C(N)=O)C(C)(C)C21CN(c2ncccn2)C1)C(C)(C)C. The topological polar surface area (TPSA) is 180 Å². The molecule has 4 aliphatic rings. The highest BCUT2D eigenvalue weighted by molar-refractivity contribution is 6.37. The number of likely N-dealkylation sites (tertiary alicyclic amines) is 1. The Morgan fingerprint density at radius 2 is 1.57 bits per heavy atom. The van der Waals surface area contributed by atoms with Crippen LogP contribution < -0.4 is 26.6 Å². The molecule has 2 saturated carbocycles. The molecular weight excluding hydrogens is 600 g/mol. The van der Waals surface area contributed by atoms with Crippen LogP contribution in [-0.2, 0) is 19.2 Å². The third-order valence-corrected chi connectivity index (χ3v) is 11.5. The first-order valence-electron chi connectivity index (χ1n) is 16.8. The van der Waals surface area contributed by atoms with Gasteiger partial charge in [-0.25, -0.2) is 14.8 Å². The molecule has 4 fully saturated rings. The summed E-state index contributed by atoms with van der Waals surface area (Å²) in [5.41, 5.74) is 3.34. The molecule has 5 amide bonds. The number of aromatic nitrogens is 2. The summed E-state index contributed by atoms with van der Waals surface area (Å²) in [4.78, 5) is 79.4. The van der Waals surface area contributed by atoms with Crippen molar-refractivity contribution >= 4 is 35.5 Å². The molecule has 4 atom stereocenters. The number of hydrogen-bond donors (Lipinski definition) is 4. The van der Waals surface area contributed by atoms with Gasteiger partial charge in [-0.2, -0.15) is 0 Å². The second-order valence-electron chi connectivity index (χ2n) is 16.8. The monoisotopic (exact) mass is 652 g/mol. The third-order valence-electron chi connectivity index (χ3n) is 11.5. The molecule has 1 aromatic rings. The second-order valence-corrected chi connectivity index (χ2v) is 16.8. The lowest BCUT2D eigenvalue weighted by Gasteiger charge is -2.44. The van der Waals surface area contributed by atoms with E-state index in [-0.39, 0.29) is 22.7 Å². The molecule has 2 aliphatic heterocycles. The summed E-state index contributed by atoms with van der Waals surface area (Å²) in [6.07, 6.45) is 7.01. The van der Waals surface area contributed by atoms with E-state index in [1.807, 2.05) is 41.5 Å². The van der Waals surface area contributed by atoms with E-state index in [0.29, 0.717) is 38.4 Å². The van der Waals surface area contributed by atoms with Crippen molar-refractivity contribution in [2.45, 2.75) is 111 Å². The van der Waals surface area contributed by atoms with Crippen LogP contribution in [0.15, 0.2) is 18.5 Å². The van der Waals surface area contributed by atoms with Gasteiger partial charge < -0.3 is 31.5 Å². The lowest BCUT2D eigenvalue weighted by atomic mass is 9.80. The van der Waals surface area contributed by atoms with Gasteiger partial charge in [-0.15, -0.1) is 0 Å². The lowest BCUT2D eigenvalue weighted by molar-refractivity contribution is -0.143. The van der Waals surface area contributed by atoms with E-state index in [2.05, 4.69) is 44.7 Å². The number of nitrogens with two attached hydrogens (primary N) is 1. The number of carbonyl (C=O) groups is 5. The Bertz CT molecular complexity index is 1420. The quantitative estimate of drug-likeness (QED) is 0.293. The summed E-state index contributed by atoms with van der Waals surface area (Å²) in [6, 6.07) is -1.61. The Kier molecular flexibility index (Phi) is 8.63. The van der Waals surface area contributed by atoms with Crippen molar-refractivity contribution in [3.05, 3.63) is 18.5 Å². The molecule has 2 spiro atoms. The maximum atomic E-state index is 14.6. The first-order valence-corrected chi connectivity index (χ1v) is 16.8. The van der Waals surface area contributed by atoms with Crippen molar-refractivity contribution in [1.82, 2.24) is 30.8 Å². The number of primary amides is 1. The molecule has 47 heavy (non-hydrogen) atoms. The van der Waals surface area contributed by atoms with E-state index in [1.54, 1.807) is 23.4 Å². The number of fused-ring (bicyclic) bond motifs is 1. The van der Waals surface area contributed by atoms with Gasteiger partial charge in [0, 0.05) is 48.4 Å². The molecule has 1 unspecified atom stereocenters. The van der Waals surface area contributed by atoms with E-state index < -0.39 is 58.1 Å². The molecule has 2 aliphatic carbocycles. The van der Waals surface area contributed by atoms with Crippen LogP contribution in [0.25, 0.3) is 0 Å². The van der Waals surface area contributed by atoms with Crippen LogP contribution in [0.1, 0.15) is 87.5 Å². The summed E-state index contributed by atoms with van der Waals surface area (Å²) < 4.78 is 0. The molecule has 0 aromatic carbocycles. The Morgan fingerprint density at radius 1 is 0.957 bits per heavy atom. The highest BCUT2D eigenvalue weighted by atomic mass is 16.2. The van der Waals surface area contributed by atoms with Gasteiger partial charge in [-0.3, -0.25) is 19.2 Å². The Hall–Kier alpha value is -3.77. The number of Topliss-reactive ketones (excluding diaryl/α,β-unsaturated/α-hetero) is 1. The number of anilines is 1. The van der Waals surface area contributed by atoms with Crippen LogP contribution in [0.3, 0.4) is 0 Å². The van der Waals surface area contributed by atoms with Crippen LogP contribution in [0.2, 0.25) is 0 Å². The van der Waals surface area contributed by atoms with Gasteiger partial charge in [0.05, 0.1) is 6.04 Å². The highest BCUT2D eigenvalue weighted by Gasteiger charge is 2.87. The van der Waals surface area contributed by atoms with Gasteiger partial charge in [0.15, 0.2) is 0 Å². The van der Waals surface area contributed by atoms with Crippen LogP contribution in [0.4, 0.5) is 10.7 Å². The molecule has 5 rings (SSSR count). The van der Waals surface area contributed by atoms with Gasteiger partial charge in [0.2, 0.25) is 23.5 Å². The second kappa shape index (κ2) is 11.7. The maximum Gasteiger partial charge on any atom is 0.315 e. The van der Waals surface area contributed by atoms with E-state index in [0.717, 1.165) is 19.3 Å². The van der Waals surface area contributed by atoms with Gasteiger partial charge in [0.1, 0.15) is 12.1 Å². The summed E-state index contributed by atoms with van der Waals surface area (Å²) in [5, 5.41) is 8.62. The molecule has 258 valence electrons. The van der Waals surface area contributed by atoms with Crippen molar-refractivity contribution in [3.8, 4) is 0 Å². The lowest BCUT2D eigenvalue weighted by Crippen LogP contribution is -2.61. The van der Waals surface area contributed by atoms with Gasteiger partial charge in [-0.1, -0.05) is 53.9 Å². The molecule has 0 radical (unpaired) electrons. The molecule has 13 nitrogen and oxygen atoms in total. The fourth-order valence-corrected chi connectivity index (χ4v) is 8.38. The Morgan fingerprint density at radius 3 is 2.09 bits per heavy atom. The first kappa shape index (κ1) is 34.6. The van der Waals surface area contributed by atoms with Crippen molar-refractivity contribution in [2.24, 2.45) is 33.3 Å². The zero-order valence-electron chi connectivity index (χ0n) is 29.1. The normalized spacial score (nSPS) is 25.7. The maximum absolute atomic E-state index is 14.6. The van der Waals surface area contributed by atoms with Crippen LogP contribution >= 0.6 is 0 Å². The molecule has 2 saturated heterocycles. The van der Waals surface area contributed by atoms with Gasteiger partial charge in [-0.05, 0) is 56.4 Å². The number of nitrogens with zero attached hydrogens (tertiary/aromatic N) is 4. The minimum atomic E-state index is -1.09. The smallest absolute Gasteiger partial charge is 0.315 e. The van der Waals surface area contributed by atoms with Gasteiger partial charge >= 0.3 is 6.03 Å². The molecule has 1 aromatic heterocycles. The minimum absolute atomic E-state index is 0.199. The summed E-state index contributed by atoms with van der Waals surface area (Å²) in [7, 11) is 0. The first-order chi connectivity index (χ1) is 21.7. The summed E-state index contributed by atoms with van der Waals surface area (Å²) >= 11 is 0. The van der Waals surface area contributed by atoms with Crippen molar-refractivity contribution in [2.75, 3.05) is 24.5 Å². The van der Waals surface area contributed by atoms with Crippen LogP contribution in [0, 0.1) is 27.6 Å². The van der Waals surface area contributed by atoms with Crippen molar-refractivity contribution < 1.29 is 24.0 Å². The zero-order chi connectivity index (χ0) is 34.7. The Balaban J connectivity index is 1.45. The van der Waals surface area contributed by atoms with Crippen LogP contribution in [0.5, 0.6) is 0 Å². The molecule has 5 N–H and O–H groups in total. The average molecular weight is 653 g/mol. The number of hydrogen-bond acceptors (Lipinski definition) is 8. The summed E-state index contributed by atoms with van der Waals surface area (Å²) in [6.45, 7) is 17.2. The third kappa shape index (κ3) is 6.06. The number of carbonyl (C=O) groups excluding carboxylic acids is 5. The summed E-state index contributed by atoms with van der Waals surface area (Å²) in [5.74, 6) is -1.91. The molecule has 0 bridgehead atoms. The predicted octanol–water partition coefficient (Wildman–Crippen LogP) is 2.15. The van der Waals surface area contributed by atoms with E-state index >= 15 is 0 Å². The van der Waals surface area contributed by atoms with Gasteiger partial charge in [0.25, 0.3) is 5.91 Å². The molecule has 3 heterocycles. The van der Waals surface area contributed by atoms with E-state index in [9.17, 15) is 24.0 Å². The van der Waals surface area contributed by atoms with Crippen LogP contribution in [-0.4, -0.2) is 87.7 Å². The van der Waals surface area contributed by atoms with E-state index in [1.165, 1.54) is 0 Å². The standard InChI is InChI=1S/C34H52N8O5/c1-30(2,3)24(39-29(47)40-31(4,5)6)27(46)42-19-33(32(7,8)34(33)17-41(18-34)28-36-13-10-14-37-28)16-22(42)26(45)38-21(23(43)25(35)44)15-20-11-9-12-20/h10,13-14,20-22,24H,9,11-12,15-19H2,1-8H3,(H2,35,44)(H,38,45)(H2,39,40,47)/t21?,22-,24+,33+/m0/s1. The number of urea groups is 1. The molecule has 13 heteroatoms. The number of ketones is 1. The fourth-order valence-electron chi connectivity index (χ4n) is 8.38. The average Bonchev–Trinajstić information content (AvgIpc) is 3.16. The predicted molar refractivity (Wildman–Crippen MR) is 176 cm³/mol. The van der Waals surface area contributed by atoms with E-state index in [4.69, 9.17) is 5.73 Å². The fraction of sp³-hybridized carbons (Fsp3) is 0.735. The number of rotatable bonds is 9. The zero-order valence-corrected chi connectivity index (χ0v) is 29.1. The molecular formula is C34H52N8O5. The van der Waals surface area contributed by atoms with Crippen molar-refractivity contribution in [1.29, 1.82) is 0 Å². The number of nitrogens with one attached hydrogen (secondary N) is 3. The Labute approximate surface area is 277 Å². The van der Waals surface area contributed by atoms with Crippen molar-refractivity contribution in [3.63, 3.8) is 0 Å². The number of amides is 5.